The summed E-state index contributed by atoms with van der Waals surface area (Å²) < 4.78 is 18.6. The fraction of sp³-hybridized carbons (Fsp3) is 0.0769. The molecule has 1 aromatic carbocycles. The fourth-order valence-corrected chi connectivity index (χ4v) is 1.57. The van der Waals surface area contributed by atoms with Gasteiger partial charge in [0.1, 0.15) is 11.6 Å². The van der Waals surface area contributed by atoms with Crippen LogP contribution in [0.2, 0.25) is 5.02 Å². The van der Waals surface area contributed by atoms with Crippen molar-refractivity contribution in [3.05, 3.63) is 52.4 Å². The molecule has 2 rings (SSSR count). The van der Waals surface area contributed by atoms with Crippen LogP contribution in [-0.4, -0.2) is 16.1 Å². The monoisotopic (exact) mass is 281 g/mol. The van der Waals surface area contributed by atoms with Gasteiger partial charge in [-0.3, -0.25) is 0 Å². The smallest absolute Gasteiger partial charge is 0.356 e. The lowest BCUT2D eigenvalue weighted by Crippen LogP contribution is -2.02. The van der Waals surface area contributed by atoms with Crippen LogP contribution in [-0.2, 0) is 0 Å². The molecule has 0 spiro atoms. The van der Waals surface area contributed by atoms with Crippen molar-refractivity contribution in [1.82, 2.24) is 4.98 Å². The number of nitrogens with zero attached hydrogens (tertiary/aromatic N) is 1. The SMILES string of the molecule is Cc1ccc(Oc2ccc(Cl)c(C(=O)O)n2)cc1F. The van der Waals surface area contributed by atoms with Crippen LogP contribution in [0.1, 0.15) is 16.1 Å². The number of benzene rings is 1. The summed E-state index contributed by atoms with van der Waals surface area (Å²) in [6, 6.07) is 7.09. The highest BCUT2D eigenvalue weighted by Gasteiger charge is 2.12. The Balaban J connectivity index is 2.30. The molecule has 0 radical (unpaired) electrons. The lowest BCUT2D eigenvalue weighted by molar-refractivity contribution is 0.0690. The first-order valence-electron chi connectivity index (χ1n) is 5.31. The molecule has 0 amide bonds. The van der Waals surface area contributed by atoms with E-state index in [2.05, 4.69) is 4.98 Å². The van der Waals surface area contributed by atoms with Gasteiger partial charge in [0, 0.05) is 12.1 Å². The number of pyridine rings is 1. The van der Waals surface area contributed by atoms with E-state index < -0.39 is 11.8 Å². The Kier molecular flexibility index (Phi) is 3.66. The number of hydrogen-bond acceptors (Lipinski definition) is 3. The summed E-state index contributed by atoms with van der Waals surface area (Å²) >= 11 is 5.68. The zero-order chi connectivity index (χ0) is 14.0. The first kappa shape index (κ1) is 13.3. The molecule has 19 heavy (non-hydrogen) atoms. The van der Waals surface area contributed by atoms with E-state index in [9.17, 15) is 9.18 Å². The summed E-state index contributed by atoms with van der Waals surface area (Å²) in [4.78, 5) is 14.6. The molecule has 0 atom stereocenters. The summed E-state index contributed by atoms with van der Waals surface area (Å²) in [5.41, 5.74) is 0.175. The number of aromatic carboxylic acids is 1. The second-order valence-corrected chi connectivity index (χ2v) is 4.21. The average molecular weight is 282 g/mol. The number of carboxylic acid groups (broad SMARTS) is 1. The van der Waals surface area contributed by atoms with Gasteiger partial charge in [0.05, 0.1) is 5.02 Å². The summed E-state index contributed by atoms with van der Waals surface area (Å²) in [6.45, 7) is 1.63. The van der Waals surface area contributed by atoms with Gasteiger partial charge in [-0.25, -0.2) is 14.2 Å². The normalized spacial score (nSPS) is 10.3. The maximum absolute atomic E-state index is 13.3. The molecular formula is C13H9ClFNO3. The fourth-order valence-electron chi connectivity index (χ4n) is 1.39. The maximum atomic E-state index is 13.3. The zero-order valence-electron chi connectivity index (χ0n) is 9.85. The third-order valence-electron chi connectivity index (χ3n) is 2.39. The minimum atomic E-state index is -1.26. The number of aromatic nitrogens is 1. The van der Waals surface area contributed by atoms with Gasteiger partial charge in [-0.2, -0.15) is 0 Å². The minimum absolute atomic E-state index is 0.00920. The van der Waals surface area contributed by atoms with Crippen LogP contribution in [0, 0.1) is 12.7 Å². The number of rotatable bonds is 3. The van der Waals surface area contributed by atoms with Crippen LogP contribution in [0.15, 0.2) is 30.3 Å². The lowest BCUT2D eigenvalue weighted by Gasteiger charge is -2.07. The van der Waals surface area contributed by atoms with Gasteiger partial charge in [-0.05, 0) is 24.6 Å². The van der Waals surface area contributed by atoms with Gasteiger partial charge < -0.3 is 9.84 Å². The molecule has 0 saturated carbocycles. The zero-order valence-corrected chi connectivity index (χ0v) is 10.6. The second kappa shape index (κ2) is 5.24. The van der Waals surface area contributed by atoms with Crippen molar-refractivity contribution in [3.8, 4) is 11.6 Å². The topological polar surface area (TPSA) is 59.4 Å². The van der Waals surface area contributed by atoms with Gasteiger partial charge in [-0.15, -0.1) is 0 Å². The van der Waals surface area contributed by atoms with E-state index in [1.54, 1.807) is 19.1 Å². The molecule has 98 valence electrons. The van der Waals surface area contributed by atoms with Crippen LogP contribution >= 0.6 is 11.6 Å². The minimum Gasteiger partial charge on any atom is -0.476 e. The highest BCUT2D eigenvalue weighted by molar-refractivity contribution is 6.33. The summed E-state index contributed by atoms with van der Waals surface area (Å²) in [5.74, 6) is -1.41. The van der Waals surface area contributed by atoms with Crippen molar-refractivity contribution < 1.29 is 19.0 Å². The van der Waals surface area contributed by atoms with Gasteiger partial charge in [-0.1, -0.05) is 17.7 Å². The second-order valence-electron chi connectivity index (χ2n) is 3.80. The van der Waals surface area contributed by atoms with Crippen molar-refractivity contribution in [1.29, 1.82) is 0 Å². The van der Waals surface area contributed by atoms with Crippen LogP contribution in [0.25, 0.3) is 0 Å². The van der Waals surface area contributed by atoms with Crippen molar-refractivity contribution in [2.75, 3.05) is 0 Å². The van der Waals surface area contributed by atoms with Gasteiger partial charge in [0.15, 0.2) is 5.69 Å². The van der Waals surface area contributed by atoms with Crippen LogP contribution in [0.3, 0.4) is 0 Å². The predicted octanol–water partition coefficient (Wildman–Crippen LogP) is 3.67. The number of aryl methyl sites for hydroxylation is 1. The summed E-state index contributed by atoms with van der Waals surface area (Å²) in [6.07, 6.45) is 0. The van der Waals surface area contributed by atoms with E-state index in [0.29, 0.717) is 5.56 Å². The number of halogens is 2. The van der Waals surface area contributed by atoms with Crippen molar-refractivity contribution >= 4 is 17.6 Å². The molecule has 0 unspecified atom stereocenters. The molecule has 0 saturated heterocycles. The molecule has 0 aliphatic rings. The quantitative estimate of drug-likeness (QED) is 0.932. The third kappa shape index (κ3) is 3.00. The Bertz CT molecular complexity index is 646. The first-order valence-corrected chi connectivity index (χ1v) is 5.69. The third-order valence-corrected chi connectivity index (χ3v) is 2.69. The maximum Gasteiger partial charge on any atom is 0.356 e. The Hall–Kier alpha value is -2.14. The van der Waals surface area contributed by atoms with Crippen molar-refractivity contribution in [3.63, 3.8) is 0 Å². The standard InChI is InChI=1S/C13H9ClFNO3/c1-7-2-3-8(6-10(7)15)19-11-5-4-9(14)12(16-11)13(17)18/h2-6H,1H3,(H,17,18). The Morgan fingerprint density at radius 2 is 2.11 bits per heavy atom. The number of hydrogen-bond donors (Lipinski definition) is 1. The molecular weight excluding hydrogens is 273 g/mol. The van der Waals surface area contributed by atoms with Crippen LogP contribution in [0.5, 0.6) is 11.6 Å². The van der Waals surface area contributed by atoms with E-state index in [4.69, 9.17) is 21.4 Å². The van der Waals surface area contributed by atoms with Gasteiger partial charge in [0.2, 0.25) is 5.88 Å². The van der Waals surface area contributed by atoms with E-state index in [-0.39, 0.29) is 22.3 Å². The molecule has 0 fully saturated rings. The summed E-state index contributed by atoms with van der Waals surface area (Å²) in [5, 5.41) is 8.88. The highest BCUT2D eigenvalue weighted by Crippen LogP contribution is 2.24. The molecule has 4 nitrogen and oxygen atoms in total. The molecule has 2 aromatic rings. The first-order chi connectivity index (χ1) is 8.97. The molecule has 1 aromatic heterocycles. The van der Waals surface area contributed by atoms with Gasteiger partial charge >= 0.3 is 5.97 Å². The van der Waals surface area contributed by atoms with E-state index in [1.807, 2.05) is 0 Å². The number of carbonyl (C=O) groups is 1. The molecule has 1 N–H and O–H groups in total. The molecule has 0 aliphatic heterocycles. The Morgan fingerprint density at radius 3 is 2.74 bits per heavy atom. The Labute approximate surface area is 113 Å². The van der Waals surface area contributed by atoms with E-state index in [0.717, 1.165) is 0 Å². The molecule has 6 heteroatoms. The van der Waals surface area contributed by atoms with E-state index in [1.165, 1.54) is 18.2 Å². The van der Waals surface area contributed by atoms with Crippen molar-refractivity contribution in [2.45, 2.75) is 6.92 Å². The van der Waals surface area contributed by atoms with E-state index >= 15 is 0 Å². The summed E-state index contributed by atoms with van der Waals surface area (Å²) in [7, 11) is 0. The average Bonchev–Trinajstić information content (AvgIpc) is 2.36. The van der Waals surface area contributed by atoms with Crippen LogP contribution < -0.4 is 4.74 Å². The largest absolute Gasteiger partial charge is 0.476 e. The molecule has 0 bridgehead atoms. The van der Waals surface area contributed by atoms with Crippen molar-refractivity contribution in [2.24, 2.45) is 0 Å². The van der Waals surface area contributed by atoms with Crippen LogP contribution in [0.4, 0.5) is 4.39 Å². The molecule has 0 aliphatic carbocycles. The molecule has 1 heterocycles. The van der Waals surface area contributed by atoms with Gasteiger partial charge in [0.25, 0.3) is 0 Å². The Morgan fingerprint density at radius 1 is 1.37 bits per heavy atom. The highest BCUT2D eigenvalue weighted by atomic mass is 35.5. The number of carboxylic acids is 1. The number of ether oxygens (including phenoxy) is 1. The lowest BCUT2D eigenvalue weighted by atomic mass is 10.2. The predicted molar refractivity (Wildman–Crippen MR) is 67.4 cm³/mol.